The summed E-state index contributed by atoms with van der Waals surface area (Å²) in [7, 11) is -4.40. The number of carbonyl (C=O) groups is 2. The quantitative estimate of drug-likeness (QED) is 0.0264. The molecule has 0 aliphatic heterocycles. The number of hydrogen-bond donors (Lipinski definition) is 2. The molecular formula is C79H142NO8P. The smallest absolute Gasteiger partial charge is 0.462 e. The molecule has 9 nitrogen and oxygen atoms in total. The van der Waals surface area contributed by atoms with Gasteiger partial charge in [-0.3, -0.25) is 18.6 Å². The normalized spacial score (nSPS) is 13.4. The summed E-state index contributed by atoms with van der Waals surface area (Å²) in [6, 6.07) is 0. The van der Waals surface area contributed by atoms with Crippen molar-refractivity contribution in [3.63, 3.8) is 0 Å². The minimum absolute atomic E-state index is 0.0518. The summed E-state index contributed by atoms with van der Waals surface area (Å²) in [5.41, 5.74) is 5.41. The second-order valence-corrected chi connectivity index (χ2v) is 26.6. The van der Waals surface area contributed by atoms with Gasteiger partial charge in [0.15, 0.2) is 6.10 Å². The van der Waals surface area contributed by atoms with Gasteiger partial charge in [0.05, 0.1) is 13.2 Å². The second kappa shape index (κ2) is 74.0. The van der Waals surface area contributed by atoms with Crippen molar-refractivity contribution in [2.24, 2.45) is 5.73 Å². The molecule has 0 spiro atoms. The Hall–Kier alpha value is -3.07. The van der Waals surface area contributed by atoms with Crippen LogP contribution in [0.1, 0.15) is 361 Å². The molecule has 2 unspecified atom stereocenters. The molecule has 0 aliphatic carbocycles. The molecule has 0 saturated heterocycles. The van der Waals surface area contributed by atoms with Crippen LogP contribution in [0.15, 0.2) is 97.2 Å². The third-order valence-corrected chi connectivity index (χ3v) is 17.4. The van der Waals surface area contributed by atoms with Gasteiger partial charge >= 0.3 is 19.8 Å². The molecule has 0 radical (unpaired) electrons. The Morgan fingerprint density at radius 3 is 0.921 bits per heavy atom. The van der Waals surface area contributed by atoms with Crippen LogP contribution in [0.25, 0.3) is 0 Å². The van der Waals surface area contributed by atoms with Gasteiger partial charge in [-0.05, 0) is 96.3 Å². The number of unbranched alkanes of at least 4 members (excludes halogenated alkanes) is 42. The van der Waals surface area contributed by atoms with E-state index in [-0.39, 0.29) is 38.6 Å². The SMILES string of the molecule is CC/C=C\C/C=C\C/C=C\C/C=C\C/C=C\CCCCCCCCCCCCCCCC(=O)OC(COC(=O)CCCCCCCCCCCCCCCCCCCCCCCCCC/C=C\C/C=C\C/C=C\CCCCCCC)COP(=O)(O)OCCN. The van der Waals surface area contributed by atoms with Crippen LogP contribution in [-0.2, 0) is 32.7 Å². The maximum Gasteiger partial charge on any atom is 0.472 e. The molecule has 2 atom stereocenters. The molecule has 3 N–H and O–H groups in total. The van der Waals surface area contributed by atoms with Crippen LogP contribution in [0.3, 0.4) is 0 Å². The summed E-state index contributed by atoms with van der Waals surface area (Å²) in [5.74, 6) is -0.816. The van der Waals surface area contributed by atoms with Crippen LogP contribution in [0.2, 0.25) is 0 Å². The number of hydrogen-bond acceptors (Lipinski definition) is 8. The highest BCUT2D eigenvalue weighted by atomic mass is 31.2. The first-order valence-electron chi connectivity index (χ1n) is 37.7. The molecular weight excluding hydrogens is 1120 g/mol. The average molecular weight is 1260 g/mol. The molecule has 0 aliphatic rings. The summed E-state index contributed by atoms with van der Waals surface area (Å²) in [6.07, 6.45) is 101. The highest BCUT2D eigenvalue weighted by molar-refractivity contribution is 7.47. The molecule has 0 aromatic heterocycles. The van der Waals surface area contributed by atoms with Gasteiger partial charge in [-0.1, -0.05) is 349 Å². The molecule has 0 fully saturated rings. The van der Waals surface area contributed by atoms with E-state index in [2.05, 4.69) is 111 Å². The number of carbonyl (C=O) groups excluding carboxylic acids is 2. The molecule has 0 bridgehead atoms. The maximum absolute atomic E-state index is 12.8. The fraction of sp³-hybridized carbons (Fsp3) is 0.772. The fourth-order valence-corrected chi connectivity index (χ4v) is 11.7. The Morgan fingerprint density at radius 1 is 0.348 bits per heavy atom. The topological polar surface area (TPSA) is 134 Å². The predicted molar refractivity (Wildman–Crippen MR) is 385 cm³/mol. The summed E-state index contributed by atoms with van der Waals surface area (Å²) in [5, 5.41) is 0. The second-order valence-electron chi connectivity index (χ2n) is 25.1. The zero-order valence-corrected chi connectivity index (χ0v) is 59.1. The number of nitrogens with two attached hydrogens (primary N) is 1. The molecule has 0 saturated carbocycles. The fourth-order valence-electron chi connectivity index (χ4n) is 10.9. The number of phosphoric ester groups is 1. The first kappa shape index (κ1) is 85.9. The van der Waals surface area contributed by atoms with Gasteiger partial charge < -0.3 is 20.1 Å². The third-order valence-electron chi connectivity index (χ3n) is 16.5. The monoisotopic (exact) mass is 1260 g/mol. The average Bonchev–Trinajstić information content (AvgIpc) is 3.68. The number of ether oxygens (including phenoxy) is 2. The molecule has 89 heavy (non-hydrogen) atoms. The van der Waals surface area contributed by atoms with Crippen LogP contribution >= 0.6 is 7.82 Å². The molecule has 0 aromatic rings. The van der Waals surface area contributed by atoms with E-state index in [1.807, 2.05) is 0 Å². The predicted octanol–water partition coefficient (Wildman–Crippen LogP) is 25.1. The first-order valence-corrected chi connectivity index (χ1v) is 39.2. The number of phosphoric acid groups is 1. The van der Waals surface area contributed by atoms with Gasteiger partial charge in [-0.25, -0.2) is 4.57 Å². The summed E-state index contributed by atoms with van der Waals surface area (Å²) in [6.45, 7) is 3.66. The molecule has 0 amide bonds. The van der Waals surface area contributed by atoms with E-state index in [1.54, 1.807) is 0 Å². The van der Waals surface area contributed by atoms with Crippen molar-refractivity contribution in [1.29, 1.82) is 0 Å². The van der Waals surface area contributed by atoms with Gasteiger partial charge in [0, 0.05) is 19.4 Å². The first-order chi connectivity index (χ1) is 43.8. The van der Waals surface area contributed by atoms with E-state index < -0.39 is 26.5 Å². The van der Waals surface area contributed by atoms with E-state index in [9.17, 15) is 19.0 Å². The summed E-state index contributed by atoms with van der Waals surface area (Å²) < 4.78 is 33.2. The molecule has 10 heteroatoms. The van der Waals surface area contributed by atoms with Crippen LogP contribution in [-0.4, -0.2) is 49.3 Å². The van der Waals surface area contributed by atoms with Crippen LogP contribution in [0.4, 0.5) is 0 Å². The van der Waals surface area contributed by atoms with Gasteiger partial charge in [-0.15, -0.1) is 0 Å². The molecule has 0 rings (SSSR count). The third kappa shape index (κ3) is 73.9. The lowest BCUT2D eigenvalue weighted by Gasteiger charge is -2.19. The molecule has 516 valence electrons. The minimum atomic E-state index is -4.40. The van der Waals surface area contributed by atoms with Gasteiger partial charge in [0.2, 0.25) is 0 Å². The Kier molecular flexibility index (Phi) is 71.4. The van der Waals surface area contributed by atoms with E-state index in [1.165, 1.54) is 244 Å². The number of esters is 2. The molecule has 0 heterocycles. The van der Waals surface area contributed by atoms with Crippen molar-refractivity contribution in [3.8, 4) is 0 Å². The van der Waals surface area contributed by atoms with Crippen LogP contribution < -0.4 is 5.73 Å². The van der Waals surface area contributed by atoms with Crippen molar-refractivity contribution in [2.75, 3.05) is 26.4 Å². The Morgan fingerprint density at radius 2 is 0.618 bits per heavy atom. The van der Waals surface area contributed by atoms with Crippen LogP contribution in [0, 0.1) is 0 Å². The standard InChI is InChI=1S/C79H142NO8P/c1-3-5-7-9-11-13-15-17-19-21-23-25-27-29-31-33-34-35-36-37-38-39-40-41-42-44-45-47-49-51-53-55-57-59-61-63-65-67-69-71-78(81)85-75-77(76-87-89(83,84)86-74-73-80)88-79(82)72-70-68-66-64-62-60-58-56-54-52-50-48-46-43-32-30-28-26-24-22-20-18-16-14-12-10-8-6-4-2/h6,8,12,14-15,17-18,20-21,23-24,26-27,29-30,32,77H,3-5,7,9-11,13,16,19,22,25,28,31,33-76,80H2,1-2H3,(H,83,84)/b8-6-,14-12-,17-15-,20-18-,23-21-,26-24-,29-27-,32-30-. The van der Waals surface area contributed by atoms with Crippen LogP contribution in [0.5, 0.6) is 0 Å². The van der Waals surface area contributed by atoms with Crippen molar-refractivity contribution in [2.45, 2.75) is 367 Å². The van der Waals surface area contributed by atoms with Gasteiger partial charge in [0.25, 0.3) is 0 Å². The summed E-state index contributed by atoms with van der Waals surface area (Å²) >= 11 is 0. The zero-order valence-electron chi connectivity index (χ0n) is 58.2. The van der Waals surface area contributed by atoms with E-state index >= 15 is 0 Å². The number of rotatable bonds is 71. The van der Waals surface area contributed by atoms with Gasteiger partial charge in [-0.2, -0.15) is 0 Å². The van der Waals surface area contributed by atoms with E-state index in [4.69, 9.17) is 24.3 Å². The van der Waals surface area contributed by atoms with Crippen molar-refractivity contribution >= 4 is 19.8 Å². The Balaban J connectivity index is 3.80. The van der Waals surface area contributed by atoms with E-state index in [0.717, 1.165) is 83.5 Å². The Bertz CT molecular complexity index is 1780. The lowest BCUT2D eigenvalue weighted by Crippen LogP contribution is -2.29. The van der Waals surface area contributed by atoms with Crippen molar-refractivity contribution in [3.05, 3.63) is 97.2 Å². The van der Waals surface area contributed by atoms with Gasteiger partial charge in [0.1, 0.15) is 6.61 Å². The molecule has 0 aromatic carbocycles. The largest absolute Gasteiger partial charge is 0.472 e. The van der Waals surface area contributed by atoms with Crippen molar-refractivity contribution in [1.82, 2.24) is 0 Å². The van der Waals surface area contributed by atoms with E-state index in [0.29, 0.717) is 6.42 Å². The highest BCUT2D eigenvalue weighted by Gasteiger charge is 2.26. The highest BCUT2D eigenvalue weighted by Crippen LogP contribution is 2.43. The number of allylic oxidation sites excluding steroid dienone is 16. The lowest BCUT2D eigenvalue weighted by atomic mass is 10.0. The summed E-state index contributed by atoms with van der Waals surface area (Å²) in [4.78, 5) is 35.4. The van der Waals surface area contributed by atoms with Crippen molar-refractivity contribution < 1.29 is 37.6 Å². The minimum Gasteiger partial charge on any atom is -0.462 e. The lowest BCUT2D eigenvalue weighted by molar-refractivity contribution is -0.161. The Labute approximate surface area is 550 Å². The maximum atomic E-state index is 12.8. The zero-order chi connectivity index (χ0) is 64.4.